The Labute approximate surface area is 487 Å². The van der Waals surface area contributed by atoms with Crippen LogP contribution in [0.5, 0.6) is 23.0 Å². The van der Waals surface area contributed by atoms with Crippen molar-refractivity contribution in [3.8, 4) is 23.0 Å². The van der Waals surface area contributed by atoms with Crippen LogP contribution in [0.15, 0.2) is 91.4 Å². The fraction of sp³-hybridized carbons (Fsp3) is 0.267. The summed E-state index contributed by atoms with van der Waals surface area (Å²) in [6, 6.07) is 0. The van der Waals surface area contributed by atoms with Crippen LogP contribution in [-0.2, 0) is 0 Å². The molecule has 464 valence electrons. The summed E-state index contributed by atoms with van der Waals surface area (Å²) in [5.41, 5.74) is -18.9. The summed E-state index contributed by atoms with van der Waals surface area (Å²) < 4.78 is 284. The maximum absolute atomic E-state index is 16.8. The van der Waals surface area contributed by atoms with Gasteiger partial charge in [0.2, 0.25) is 46.5 Å². The second-order valence-electron chi connectivity index (χ2n) is 19.3. The van der Waals surface area contributed by atoms with Crippen LogP contribution < -0.4 is 18.9 Å². The Balaban J connectivity index is 1.41. The van der Waals surface area contributed by atoms with Gasteiger partial charge in [-0.25, -0.2) is 55.1 Å². The Morgan fingerprint density at radius 2 is 0.409 bits per heavy atom. The number of halogens is 16. The first-order chi connectivity index (χ1) is 42.2. The van der Waals surface area contributed by atoms with Crippen LogP contribution in [0.1, 0.15) is 73.6 Å². The minimum Gasteiger partial charge on any atom is -0.487 e. The highest BCUT2D eigenvalue weighted by Crippen LogP contribution is 2.46. The molecule has 0 saturated carbocycles. The highest BCUT2D eigenvalue weighted by molar-refractivity contribution is 6.39. The molecule has 4 aromatic rings. The number of allylic oxidation sites excluding steroid dienone is 12. The van der Waals surface area contributed by atoms with Crippen molar-refractivity contribution in [2.45, 2.75) is 51.4 Å². The molecule has 0 aliphatic carbocycles. The van der Waals surface area contributed by atoms with E-state index in [9.17, 15) is 0 Å². The van der Waals surface area contributed by atoms with E-state index in [0.29, 0.717) is 0 Å². The van der Waals surface area contributed by atoms with Crippen LogP contribution in [0.4, 0.5) is 70.2 Å². The Kier molecular flexibility index (Phi) is 19.7. The molecular weight excluding hydrogens is 1210 g/mol. The van der Waals surface area contributed by atoms with E-state index in [1.54, 1.807) is 0 Å². The number of hydrogen-bond donors (Lipinski definition) is 4. The average molecular weight is 1250 g/mol. The van der Waals surface area contributed by atoms with Crippen molar-refractivity contribution in [2.24, 2.45) is 20.0 Å². The predicted molar refractivity (Wildman–Crippen MR) is 286 cm³/mol. The molecule has 0 atom stereocenters. The van der Waals surface area contributed by atoms with Crippen molar-refractivity contribution in [1.82, 2.24) is 0 Å². The summed E-state index contributed by atoms with van der Waals surface area (Å²) in [4.78, 5) is 16.8. The van der Waals surface area contributed by atoms with E-state index in [0.717, 1.165) is 48.6 Å². The molecular formula is C60H44F16N4O8. The number of nitrogens with zero attached hydrogens (tertiary/aromatic N) is 4. The summed E-state index contributed by atoms with van der Waals surface area (Å²) in [5, 5.41) is 36.7. The summed E-state index contributed by atoms with van der Waals surface area (Å²) in [6.45, 7) is -4.15. The highest BCUT2D eigenvalue weighted by atomic mass is 19.2. The summed E-state index contributed by atoms with van der Waals surface area (Å²) in [5.74, 6) is -42.3. The molecule has 0 aromatic heterocycles. The number of aliphatic hydroxyl groups excluding tert-OH is 4. The molecule has 4 aromatic carbocycles. The first kappa shape index (κ1) is 63.9. The first-order valence-electron chi connectivity index (χ1n) is 26.7. The van der Waals surface area contributed by atoms with E-state index >= 15 is 70.2 Å². The van der Waals surface area contributed by atoms with E-state index in [4.69, 9.17) is 39.4 Å². The Bertz CT molecular complexity index is 3340. The van der Waals surface area contributed by atoms with Gasteiger partial charge in [-0.05, 0) is 100.0 Å². The molecule has 5 aliphatic rings. The van der Waals surface area contributed by atoms with Gasteiger partial charge in [-0.3, -0.25) is 0 Å². The molecule has 0 fully saturated rings. The van der Waals surface area contributed by atoms with Crippen LogP contribution in [0, 0.1) is 93.1 Å². The van der Waals surface area contributed by atoms with Crippen LogP contribution in [0.2, 0.25) is 0 Å². The number of aliphatic imine (C=N–C) groups is 4. The van der Waals surface area contributed by atoms with Gasteiger partial charge in [-0.1, -0.05) is 0 Å². The van der Waals surface area contributed by atoms with Gasteiger partial charge < -0.3 is 39.4 Å². The third kappa shape index (κ3) is 11.8. The minimum absolute atomic E-state index is 0.00205. The number of fused-ring (bicyclic) bond motifs is 4. The topological polar surface area (TPSA) is 167 Å². The second kappa shape index (κ2) is 27.2. The van der Waals surface area contributed by atoms with Crippen molar-refractivity contribution in [1.29, 1.82) is 0 Å². The molecule has 0 saturated heterocycles. The molecule has 0 radical (unpaired) electrons. The van der Waals surface area contributed by atoms with Crippen molar-refractivity contribution in [3.63, 3.8) is 0 Å². The van der Waals surface area contributed by atoms with Gasteiger partial charge >= 0.3 is 0 Å². The quantitative estimate of drug-likeness (QED) is 0.0306. The van der Waals surface area contributed by atoms with E-state index in [-0.39, 0.29) is 51.4 Å². The van der Waals surface area contributed by atoms with Gasteiger partial charge in [0.1, 0.15) is 0 Å². The fourth-order valence-corrected chi connectivity index (χ4v) is 9.50. The minimum atomic E-state index is -2.27. The molecule has 4 N–H and O–H groups in total. The molecule has 5 heterocycles. The van der Waals surface area contributed by atoms with Gasteiger partial charge in [-0.15, -0.1) is 0 Å². The summed E-state index contributed by atoms with van der Waals surface area (Å²) >= 11 is 0. The van der Waals surface area contributed by atoms with Crippen LogP contribution in [-0.4, -0.2) is 96.1 Å². The van der Waals surface area contributed by atoms with Crippen LogP contribution in [0.25, 0.3) is 22.3 Å². The number of benzene rings is 4. The normalized spacial score (nSPS) is 15.2. The lowest BCUT2D eigenvalue weighted by atomic mass is 9.96. The van der Waals surface area contributed by atoms with Crippen molar-refractivity contribution in [3.05, 3.63) is 187 Å². The molecule has 0 spiro atoms. The molecule has 28 heteroatoms. The van der Waals surface area contributed by atoms with E-state index in [1.165, 1.54) is 0 Å². The summed E-state index contributed by atoms with van der Waals surface area (Å²) in [7, 11) is 0. The Morgan fingerprint density at radius 1 is 0.239 bits per heavy atom. The first-order valence-corrected chi connectivity index (χ1v) is 26.7. The lowest BCUT2D eigenvalue weighted by Gasteiger charge is -2.17. The zero-order valence-corrected chi connectivity index (χ0v) is 45.2. The van der Waals surface area contributed by atoms with Gasteiger partial charge in [0.15, 0.2) is 69.5 Å². The fourth-order valence-electron chi connectivity index (χ4n) is 9.50. The monoisotopic (exact) mass is 1250 g/mol. The molecule has 12 nitrogen and oxygen atoms in total. The smallest absolute Gasteiger partial charge is 0.204 e. The molecule has 88 heavy (non-hydrogen) atoms. The molecule has 9 rings (SSSR count). The largest absolute Gasteiger partial charge is 0.487 e. The van der Waals surface area contributed by atoms with Gasteiger partial charge in [0.05, 0.1) is 94.3 Å². The van der Waals surface area contributed by atoms with Gasteiger partial charge in [-0.2, -0.15) is 35.1 Å². The molecule has 5 aliphatic heterocycles. The number of aliphatic hydroxyl groups is 4. The summed E-state index contributed by atoms with van der Waals surface area (Å²) in [6.07, 6.45) is 5.48. The van der Waals surface area contributed by atoms with Crippen LogP contribution in [0.3, 0.4) is 0 Å². The van der Waals surface area contributed by atoms with Gasteiger partial charge in [0.25, 0.3) is 0 Å². The molecule has 8 bridgehead atoms. The Hall–Kier alpha value is -8.60. The van der Waals surface area contributed by atoms with E-state index in [1.807, 2.05) is 0 Å². The van der Waals surface area contributed by atoms with E-state index < -0.39 is 259 Å². The molecule has 0 amide bonds. The predicted octanol–water partition coefficient (Wildman–Crippen LogP) is 12.5. The SMILES string of the molecule is OCCCCOc1c(F)c(F)c(C2=C3C=CC(=N3)C(c3c(F)c(F)c(OCCCCO)c(F)c3F)=C3C=CC(=N3)C(c3c(F)c(F)c(OCCCCO)c(F)c3F)=C3C=CC(=N3)C(c3c(F)c(F)c(OCCCCO)c(F)c3F)=C3C=CC2=N3)c(F)c1F. The van der Waals surface area contributed by atoms with Gasteiger partial charge in [0, 0.05) is 48.7 Å². The third-order valence-corrected chi connectivity index (χ3v) is 13.7. The van der Waals surface area contributed by atoms with Crippen LogP contribution >= 0.6 is 0 Å². The maximum Gasteiger partial charge on any atom is 0.204 e. The Morgan fingerprint density at radius 3 is 0.568 bits per heavy atom. The second-order valence-corrected chi connectivity index (χ2v) is 19.3. The lowest BCUT2D eigenvalue weighted by Crippen LogP contribution is -2.14. The van der Waals surface area contributed by atoms with Crippen molar-refractivity contribution in [2.75, 3.05) is 52.9 Å². The number of ether oxygens (including phenoxy) is 4. The maximum atomic E-state index is 16.8. The zero-order valence-electron chi connectivity index (χ0n) is 45.2. The lowest BCUT2D eigenvalue weighted by molar-refractivity contribution is 0.237. The average Bonchev–Trinajstić information content (AvgIpc) is 2.17. The van der Waals surface area contributed by atoms with E-state index in [2.05, 4.69) is 20.0 Å². The number of unbranched alkanes of at least 4 members (excludes halogenated alkanes) is 4. The number of rotatable bonds is 24. The standard InChI is InChI=1S/C60H44F16N4O8/c61-41-37(42(62)50(70)57(49(41)69)85-21-5-1-17-81)33-25-9-11-27(77-25)34(38-43(63)51(71)58(52(72)44(38)64)86-22-6-2-18-82)29-13-15-31(79-29)36(40-47(67)55(75)60(56(76)48(40)68)88-24-8-4-20-84)32-16-14-30(80-32)35(28-12-10-26(33)78-28)39-45(65)53(73)59(54(74)46(39)66)87-23-7-3-19-83/h9-16,81-84H,1-8,17-24H2. The van der Waals surface area contributed by atoms with Crippen molar-refractivity contribution < 1.29 is 110 Å². The zero-order chi connectivity index (χ0) is 63.4. The van der Waals surface area contributed by atoms with Crippen molar-refractivity contribution >= 4 is 45.1 Å². The molecule has 0 unspecified atom stereocenters. The highest BCUT2D eigenvalue weighted by Gasteiger charge is 2.40. The third-order valence-electron chi connectivity index (χ3n) is 13.7. The number of hydrogen-bond acceptors (Lipinski definition) is 12.